The van der Waals surface area contributed by atoms with Gasteiger partial charge in [0.2, 0.25) is 0 Å². The minimum atomic E-state index is 0.128. The lowest BCUT2D eigenvalue weighted by Gasteiger charge is -2.36. The Morgan fingerprint density at radius 2 is 1.70 bits per heavy atom. The van der Waals surface area contributed by atoms with Gasteiger partial charge in [-0.25, -0.2) is 0 Å². The Morgan fingerprint density at radius 1 is 1.04 bits per heavy atom. The number of rotatable bonds is 4. The molecule has 1 amide bonds. The SMILES string of the molecule is O=C(C[NH+]1CC[NH+](C2CCCCC2)CC1)Nc1ccc(Br)cc1. The summed E-state index contributed by atoms with van der Waals surface area (Å²) in [6.45, 7) is 5.30. The molecule has 1 saturated heterocycles. The molecule has 0 unspecified atom stereocenters. The molecule has 3 rings (SSSR count). The van der Waals surface area contributed by atoms with Crippen LogP contribution in [0.1, 0.15) is 32.1 Å². The third-order valence-corrected chi connectivity index (χ3v) is 5.85. The lowest BCUT2D eigenvalue weighted by molar-refractivity contribution is -1.02. The lowest BCUT2D eigenvalue weighted by atomic mass is 9.94. The van der Waals surface area contributed by atoms with Crippen LogP contribution in [0.15, 0.2) is 28.7 Å². The zero-order valence-corrected chi connectivity index (χ0v) is 15.3. The fourth-order valence-electron chi connectivity index (χ4n) is 3.99. The van der Waals surface area contributed by atoms with Gasteiger partial charge in [0.1, 0.15) is 26.2 Å². The highest BCUT2D eigenvalue weighted by Crippen LogP contribution is 2.15. The number of nitrogens with one attached hydrogen (secondary N) is 3. The van der Waals surface area contributed by atoms with Crippen LogP contribution in [0, 0.1) is 0 Å². The highest BCUT2D eigenvalue weighted by atomic mass is 79.9. The van der Waals surface area contributed by atoms with Gasteiger partial charge in [0.15, 0.2) is 6.54 Å². The summed E-state index contributed by atoms with van der Waals surface area (Å²) in [5, 5.41) is 3.00. The number of hydrogen-bond donors (Lipinski definition) is 3. The van der Waals surface area contributed by atoms with E-state index in [0.29, 0.717) is 6.54 Å². The van der Waals surface area contributed by atoms with E-state index in [1.54, 1.807) is 4.90 Å². The number of carbonyl (C=O) groups excluding carboxylic acids is 1. The number of benzene rings is 1. The predicted molar refractivity (Wildman–Crippen MR) is 95.9 cm³/mol. The Bertz CT molecular complexity index is 506. The Hall–Kier alpha value is -0.910. The topological polar surface area (TPSA) is 38.0 Å². The average molecular weight is 382 g/mol. The van der Waals surface area contributed by atoms with E-state index < -0.39 is 0 Å². The number of halogens is 1. The van der Waals surface area contributed by atoms with Crippen LogP contribution in [-0.4, -0.2) is 44.7 Å². The Morgan fingerprint density at radius 3 is 2.35 bits per heavy atom. The molecule has 1 heterocycles. The molecule has 23 heavy (non-hydrogen) atoms. The van der Waals surface area contributed by atoms with Crippen molar-refractivity contribution >= 4 is 27.5 Å². The van der Waals surface area contributed by atoms with Gasteiger partial charge in [0, 0.05) is 10.2 Å². The number of carbonyl (C=O) groups is 1. The van der Waals surface area contributed by atoms with Crippen LogP contribution in [0.4, 0.5) is 5.69 Å². The second-order valence-corrected chi connectivity index (χ2v) is 7.89. The van der Waals surface area contributed by atoms with Gasteiger partial charge in [0.25, 0.3) is 5.91 Å². The highest BCUT2D eigenvalue weighted by Gasteiger charge is 2.30. The minimum absolute atomic E-state index is 0.128. The standard InChI is InChI=1S/C18H26BrN3O/c19-15-6-8-16(9-7-15)20-18(23)14-21-10-12-22(13-11-21)17-4-2-1-3-5-17/h6-9,17H,1-5,10-14H2,(H,20,23)/p+2. The summed E-state index contributed by atoms with van der Waals surface area (Å²) in [5.74, 6) is 0.128. The first kappa shape index (κ1) is 16.9. The van der Waals surface area contributed by atoms with E-state index in [2.05, 4.69) is 21.2 Å². The summed E-state index contributed by atoms with van der Waals surface area (Å²) >= 11 is 3.41. The molecule has 4 nitrogen and oxygen atoms in total. The molecule has 126 valence electrons. The van der Waals surface area contributed by atoms with Gasteiger partial charge in [-0.3, -0.25) is 4.79 Å². The molecule has 1 aromatic carbocycles. The Labute approximate surface area is 147 Å². The summed E-state index contributed by atoms with van der Waals surface area (Å²) in [6, 6.07) is 8.66. The van der Waals surface area contributed by atoms with Crippen LogP contribution in [-0.2, 0) is 4.79 Å². The van der Waals surface area contributed by atoms with Crippen LogP contribution in [0.25, 0.3) is 0 Å². The second kappa shape index (κ2) is 8.27. The van der Waals surface area contributed by atoms with E-state index in [1.165, 1.54) is 50.1 Å². The maximum Gasteiger partial charge on any atom is 0.279 e. The van der Waals surface area contributed by atoms with Crippen molar-refractivity contribution in [3.8, 4) is 0 Å². The first-order valence-electron chi connectivity index (χ1n) is 8.94. The molecule has 2 fully saturated rings. The zero-order valence-electron chi connectivity index (χ0n) is 13.7. The van der Waals surface area contributed by atoms with Crippen molar-refractivity contribution in [2.45, 2.75) is 38.1 Å². The summed E-state index contributed by atoms with van der Waals surface area (Å²) in [4.78, 5) is 15.4. The molecule has 1 aliphatic carbocycles. The molecule has 5 heteroatoms. The molecular weight excluding hydrogens is 354 g/mol. The first-order valence-corrected chi connectivity index (χ1v) is 9.73. The molecule has 3 N–H and O–H groups in total. The molecule has 1 aromatic rings. The summed E-state index contributed by atoms with van der Waals surface area (Å²) in [6.07, 6.45) is 7.08. The van der Waals surface area contributed by atoms with Crippen molar-refractivity contribution < 1.29 is 14.6 Å². The smallest absolute Gasteiger partial charge is 0.279 e. The van der Waals surface area contributed by atoms with Crippen LogP contribution < -0.4 is 15.1 Å². The third kappa shape index (κ3) is 5.03. The summed E-state index contributed by atoms with van der Waals surface area (Å²) in [7, 11) is 0. The molecule has 0 spiro atoms. The van der Waals surface area contributed by atoms with E-state index in [9.17, 15) is 4.79 Å². The molecule has 0 atom stereocenters. The predicted octanol–water partition coefficient (Wildman–Crippen LogP) is 0.504. The Balaban J connectivity index is 1.41. The average Bonchev–Trinajstić information content (AvgIpc) is 2.58. The van der Waals surface area contributed by atoms with Gasteiger partial charge in [0.05, 0.1) is 6.04 Å². The van der Waals surface area contributed by atoms with Gasteiger partial charge in [-0.1, -0.05) is 22.4 Å². The van der Waals surface area contributed by atoms with Crippen molar-refractivity contribution in [3.05, 3.63) is 28.7 Å². The molecule has 1 aliphatic heterocycles. The number of quaternary nitrogens is 2. The fourth-order valence-corrected chi connectivity index (χ4v) is 4.25. The van der Waals surface area contributed by atoms with Crippen LogP contribution in [0.2, 0.25) is 0 Å². The molecule has 2 aliphatic rings. The van der Waals surface area contributed by atoms with Gasteiger partial charge in [-0.15, -0.1) is 0 Å². The quantitative estimate of drug-likeness (QED) is 0.698. The van der Waals surface area contributed by atoms with Crippen molar-refractivity contribution in [1.82, 2.24) is 0 Å². The molecule has 0 bridgehead atoms. The summed E-state index contributed by atoms with van der Waals surface area (Å²) < 4.78 is 1.03. The van der Waals surface area contributed by atoms with Gasteiger partial charge < -0.3 is 15.1 Å². The van der Waals surface area contributed by atoms with Crippen LogP contribution in [0.3, 0.4) is 0 Å². The van der Waals surface area contributed by atoms with Crippen LogP contribution >= 0.6 is 15.9 Å². The number of piperazine rings is 1. The number of amides is 1. The van der Waals surface area contributed by atoms with Gasteiger partial charge in [-0.05, 0) is 49.9 Å². The van der Waals surface area contributed by atoms with Gasteiger partial charge in [-0.2, -0.15) is 0 Å². The second-order valence-electron chi connectivity index (χ2n) is 6.98. The minimum Gasteiger partial charge on any atom is -0.323 e. The molecule has 0 radical (unpaired) electrons. The highest BCUT2D eigenvalue weighted by molar-refractivity contribution is 9.10. The van der Waals surface area contributed by atoms with Crippen molar-refractivity contribution in [2.24, 2.45) is 0 Å². The maximum atomic E-state index is 12.2. The lowest BCUT2D eigenvalue weighted by Crippen LogP contribution is -3.30. The van der Waals surface area contributed by atoms with Crippen molar-refractivity contribution in [3.63, 3.8) is 0 Å². The Kier molecular flexibility index (Phi) is 6.08. The zero-order chi connectivity index (χ0) is 16.1. The summed E-state index contributed by atoms with van der Waals surface area (Å²) in [5.41, 5.74) is 0.879. The molecule has 0 aromatic heterocycles. The van der Waals surface area contributed by atoms with E-state index >= 15 is 0 Å². The van der Waals surface area contributed by atoms with Crippen molar-refractivity contribution in [1.29, 1.82) is 0 Å². The number of hydrogen-bond acceptors (Lipinski definition) is 1. The largest absolute Gasteiger partial charge is 0.323 e. The number of anilines is 1. The molecular formula is C18H28BrN3O+2. The first-order chi connectivity index (χ1) is 11.2. The third-order valence-electron chi connectivity index (χ3n) is 5.32. The normalized spacial score (nSPS) is 26.0. The van der Waals surface area contributed by atoms with E-state index in [-0.39, 0.29) is 5.91 Å². The fraction of sp³-hybridized carbons (Fsp3) is 0.611. The van der Waals surface area contributed by atoms with Crippen LogP contribution in [0.5, 0.6) is 0 Å². The van der Waals surface area contributed by atoms with E-state index in [4.69, 9.17) is 0 Å². The maximum absolute atomic E-state index is 12.2. The van der Waals surface area contributed by atoms with Crippen molar-refractivity contribution in [2.75, 3.05) is 38.0 Å². The van der Waals surface area contributed by atoms with Gasteiger partial charge >= 0.3 is 0 Å². The monoisotopic (exact) mass is 381 g/mol. The molecule has 1 saturated carbocycles. The van der Waals surface area contributed by atoms with E-state index in [1.807, 2.05) is 24.3 Å². The van der Waals surface area contributed by atoms with E-state index in [0.717, 1.165) is 29.3 Å².